The zero-order chi connectivity index (χ0) is 15.5. The van der Waals surface area contributed by atoms with Crippen LogP contribution in [0.3, 0.4) is 0 Å². The zero-order valence-electron chi connectivity index (χ0n) is 11.2. The quantitative estimate of drug-likeness (QED) is 0.719. The second kappa shape index (κ2) is 6.13. The van der Waals surface area contributed by atoms with Gasteiger partial charge in [-0.15, -0.1) is 0 Å². The van der Waals surface area contributed by atoms with Crippen LogP contribution in [0.1, 0.15) is 5.56 Å². The summed E-state index contributed by atoms with van der Waals surface area (Å²) in [6.45, 7) is 0.0890. The molecule has 2 aromatic carbocycles. The Morgan fingerprint density at radius 1 is 1.05 bits per heavy atom. The molecule has 5 N–H and O–H groups in total. The van der Waals surface area contributed by atoms with E-state index in [0.717, 1.165) is 5.56 Å². The molecule has 0 saturated carbocycles. The van der Waals surface area contributed by atoms with Gasteiger partial charge in [-0.1, -0.05) is 12.1 Å². The van der Waals surface area contributed by atoms with Crippen molar-refractivity contribution in [2.45, 2.75) is 11.3 Å². The van der Waals surface area contributed by atoms with Gasteiger partial charge in [0.05, 0.1) is 5.69 Å². The lowest BCUT2D eigenvalue weighted by atomic mass is 10.1. The molecule has 21 heavy (non-hydrogen) atoms. The van der Waals surface area contributed by atoms with Crippen LogP contribution in [0.4, 0.5) is 5.69 Å². The van der Waals surface area contributed by atoms with E-state index in [-0.39, 0.29) is 17.2 Å². The lowest BCUT2D eigenvalue weighted by molar-refractivity contribution is 0.299. The maximum atomic E-state index is 11.3. The van der Waals surface area contributed by atoms with Crippen molar-refractivity contribution in [1.82, 2.24) is 0 Å². The van der Waals surface area contributed by atoms with Gasteiger partial charge in [0, 0.05) is 12.7 Å². The highest BCUT2D eigenvalue weighted by Crippen LogP contribution is 2.27. The van der Waals surface area contributed by atoms with Crippen LogP contribution in [0.2, 0.25) is 0 Å². The van der Waals surface area contributed by atoms with E-state index in [1.165, 1.54) is 18.2 Å². The van der Waals surface area contributed by atoms with E-state index >= 15 is 0 Å². The first-order valence-electron chi connectivity index (χ1n) is 6.20. The Labute approximate surface area is 123 Å². The minimum absolute atomic E-state index is 0.0342. The summed E-state index contributed by atoms with van der Waals surface area (Å²) in [5.41, 5.74) is 6.69. The summed E-state index contributed by atoms with van der Waals surface area (Å²) < 4.78 is 28.1. The van der Waals surface area contributed by atoms with E-state index in [1.807, 2.05) is 12.1 Å². The van der Waals surface area contributed by atoms with Crippen molar-refractivity contribution in [2.24, 2.45) is 5.14 Å². The molecule has 0 aromatic heterocycles. The molecule has 6 nitrogen and oxygen atoms in total. The Morgan fingerprint density at radius 2 is 1.67 bits per heavy atom. The average molecular weight is 308 g/mol. The average Bonchev–Trinajstić information content (AvgIpc) is 2.40. The second-order valence-electron chi connectivity index (χ2n) is 4.46. The first kappa shape index (κ1) is 15.3. The Balaban J connectivity index is 2.18. The summed E-state index contributed by atoms with van der Waals surface area (Å²) in [7, 11) is -3.84. The highest BCUT2D eigenvalue weighted by molar-refractivity contribution is 7.89. The summed E-state index contributed by atoms with van der Waals surface area (Å²) in [6, 6.07) is 11.4. The summed E-state index contributed by atoms with van der Waals surface area (Å²) in [4.78, 5) is -0.131. The number of aliphatic hydroxyl groups excluding tert-OH is 1. The Kier molecular flexibility index (Phi) is 4.46. The molecular formula is C14H16N2O4S. The largest absolute Gasteiger partial charge is 0.457 e. The van der Waals surface area contributed by atoms with E-state index in [0.29, 0.717) is 17.9 Å². The maximum Gasteiger partial charge on any atom is 0.240 e. The number of anilines is 1. The third kappa shape index (κ3) is 3.94. The molecule has 0 radical (unpaired) electrons. The number of nitrogen functional groups attached to an aromatic ring is 1. The van der Waals surface area contributed by atoms with Crippen molar-refractivity contribution in [2.75, 3.05) is 12.3 Å². The summed E-state index contributed by atoms with van der Waals surface area (Å²) >= 11 is 0. The van der Waals surface area contributed by atoms with Crippen molar-refractivity contribution in [1.29, 1.82) is 0 Å². The Bertz CT molecular complexity index is 727. The number of primary sulfonamides is 1. The molecule has 0 fully saturated rings. The lowest BCUT2D eigenvalue weighted by Gasteiger charge is -2.09. The lowest BCUT2D eigenvalue weighted by Crippen LogP contribution is -2.14. The molecule has 2 rings (SSSR count). The van der Waals surface area contributed by atoms with Gasteiger partial charge in [0.25, 0.3) is 0 Å². The van der Waals surface area contributed by atoms with E-state index in [4.69, 9.17) is 20.7 Å². The molecule has 0 saturated heterocycles. The second-order valence-corrected chi connectivity index (χ2v) is 5.99. The molecule has 0 spiro atoms. The number of aliphatic hydroxyl groups is 1. The highest BCUT2D eigenvalue weighted by atomic mass is 32.2. The van der Waals surface area contributed by atoms with Crippen LogP contribution >= 0.6 is 0 Å². The first-order valence-corrected chi connectivity index (χ1v) is 7.75. The van der Waals surface area contributed by atoms with Crippen LogP contribution in [0.15, 0.2) is 47.4 Å². The van der Waals surface area contributed by atoms with Crippen molar-refractivity contribution in [3.8, 4) is 11.5 Å². The zero-order valence-corrected chi connectivity index (χ0v) is 12.0. The molecule has 0 atom stereocenters. The van der Waals surface area contributed by atoms with Crippen LogP contribution in [0, 0.1) is 0 Å². The normalized spacial score (nSPS) is 11.3. The van der Waals surface area contributed by atoms with Crippen LogP contribution in [0.5, 0.6) is 11.5 Å². The molecule has 0 aliphatic heterocycles. The SMILES string of the molecule is Nc1cc(Oc2ccc(CCO)cc2)ccc1S(N)(=O)=O. The minimum Gasteiger partial charge on any atom is -0.457 e. The van der Waals surface area contributed by atoms with Gasteiger partial charge in [-0.25, -0.2) is 13.6 Å². The molecule has 0 heterocycles. The van der Waals surface area contributed by atoms with E-state index in [2.05, 4.69) is 0 Å². The van der Waals surface area contributed by atoms with Gasteiger partial charge in [-0.05, 0) is 36.2 Å². The molecule has 2 aromatic rings. The predicted octanol–water partition coefficient (Wildman–Crippen LogP) is 1.24. The monoisotopic (exact) mass is 308 g/mol. The Morgan fingerprint density at radius 3 is 2.19 bits per heavy atom. The number of hydrogen-bond acceptors (Lipinski definition) is 5. The van der Waals surface area contributed by atoms with E-state index in [9.17, 15) is 8.42 Å². The molecule has 112 valence electrons. The molecule has 0 unspecified atom stereocenters. The standard InChI is InChI=1S/C14H16N2O4S/c15-13-9-12(5-6-14(13)21(16,18)19)20-11-3-1-10(2-4-11)7-8-17/h1-6,9,17H,7-8,15H2,(H2,16,18,19). The topological polar surface area (TPSA) is 116 Å². The van der Waals surface area contributed by atoms with Gasteiger partial charge in [0.15, 0.2) is 0 Å². The number of hydrogen-bond donors (Lipinski definition) is 3. The molecule has 0 aliphatic rings. The van der Waals surface area contributed by atoms with Gasteiger partial charge < -0.3 is 15.6 Å². The number of sulfonamides is 1. The first-order chi connectivity index (χ1) is 9.90. The van der Waals surface area contributed by atoms with Crippen LogP contribution < -0.4 is 15.6 Å². The van der Waals surface area contributed by atoms with Crippen molar-refractivity contribution in [3.63, 3.8) is 0 Å². The van der Waals surface area contributed by atoms with E-state index < -0.39 is 10.0 Å². The third-order valence-electron chi connectivity index (χ3n) is 2.85. The highest BCUT2D eigenvalue weighted by Gasteiger charge is 2.12. The maximum absolute atomic E-state index is 11.3. The van der Waals surface area contributed by atoms with Crippen LogP contribution in [0.25, 0.3) is 0 Å². The third-order valence-corrected chi connectivity index (χ3v) is 3.83. The fraction of sp³-hybridized carbons (Fsp3) is 0.143. The van der Waals surface area contributed by atoms with Gasteiger partial charge in [0.2, 0.25) is 10.0 Å². The molecule has 0 aliphatic carbocycles. The predicted molar refractivity (Wildman–Crippen MR) is 79.5 cm³/mol. The summed E-state index contributed by atoms with van der Waals surface area (Å²) in [5.74, 6) is 0.995. The minimum atomic E-state index is -3.84. The molecular weight excluding hydrogens is 292 g/mol. The smallest absolute Gasteiger partial charge is 0.240 e. The van der Waals surface area contributed by atoms with Gasteiger partial charge in [0.1, 0.15) is 16.4 Å². The van der Waals surface area contributed by atoms with E-state index in [1.54, 1.807) is 12.1 Å². The number of rotatable bonds is 5. The fourth-order valence-corrected chi connectivity index (χ4v) is 2.48. The van der Waals surface area contributed by atoms with Crippen molar-refractivity contribution in [3.05, 3.63) is 48.0 Å². The van der Waals surface area contributed by atoms with Crippen molar-refractivity contribution < 1.29 is 18.3 Å². The number of nitrogens with two attached hydrogens (primary N) is 2. The summed E-state index contributed by atoms with van der Waals surface area (Å²) in [5, 5.41) is 13.9. The fourth-order valence-electron chi connectivity index (χ4n) is 1.84. The number of benzene rings is 2. The van der Waals surface area contributed by atoms with Crippen LogP contribution in [-0.2, 0) is 16.4 Å². The molecule has 0 amide bonds. The molecule has 7 heteroatoms. The van der Waals surface area contributed by atoms with Gasteiger partial charge >= 0.3 is 0 Å². The van der Waals surface area contributed by atoms with Gasteiger partial charge in [-0.3, -0.25) is 0 Å². The Hall–Kier alpha value is -2.09. The number of ether oxygens (including phenoxy) is 1. The van der Waals surface area contributed by atoms with Crippen molar-refractivity contribution >= 4 is 15.7 Å². The molecule has 0 bridgehead atoms. The summed E-state index contributed by atoms with van der Waals surface area (Å²) in [6.07, 6.45) is 0.580. The van der Waals surface area contributed by atoms with Gasteiger partial charge in [-0.2, -0.15) is 0 Å². The van der Waals surface area contributed by atoms with Crippen LogP contribution in [-0.4, -0.2) is 20.1 Å².